The van der Waals surface area contributed by atoms with Crippen LogP contribution < -0.4 is 19.1 Å². The summed E-state index contributed by atoms with van der Waals surface area (Å²) in [5.74, 6) is -0.813. The van der Waals surface area contributed by atoms with Gasteiger partial charge in [0, 0.05) is 25.1 Å². The molecule has 0 radical (unpaired) electrons. The summed E-state index contributed by atoms with van der Waals surface area (Å²) in [6.45, 7) is 3.14. The van der Waals surface area contributed by atoms with E-state index in [0.717, 1.165) is 16.1 Å². The molecule has 0 aliphatic heterocycles. The van der Waals surface area contributed by atoms with Crippen LogP contribution in [0.15, 0.2) is 72.8 Å². The quantitative estimate of drug-likeness (QED) is 0.298. The molecule has 0 spiro atoms. The van der Waals surface area contributed by atoms with Crippen molar-refractivity contribution in [2.45, 2.75) is 45.3 Å². The average Bonchev–Trinajstić information content (AvgIpc) is 2.98. The molecule has 3 rings (SSSR count). The van der Waals surface area contributed by atoms with Crippen LogP contribution in [0, 0.1) is 5.82 Å². The van der Waals surface area contributed by atoms with Crippen molar-refractivity contribution in [1.29, 1.82) is 0 Å². The number of nitrogens with zero attached hydrogens (tertiary/aromatic N) is 2. The van der Waals surface area contributed by atoms with Crippen LogP contribution in [0.3, 0.4) is 0 Å². The smallest absolute Gasteiger partial charge is 0.244 e. The van der Waals surface area contributed by atoms with Crippen LogP contribution >= 0.6 is 0 Å². The van der Waals surface area contributed by atoms with Crippen molar-refractivity contribution in [3.05, 3.63) is 89.7 Å². The summed E-state index contributed by atoms with van der Waals surface area (Å²) in [4.78, 5) is 29.2. The van der Waals surface area contributed by atoms with E-state index in [9.17, 15) is 22.4 Å². The molecule has 0 aliphatic rings. The maximum atomic E-state index is 14.2. The molecule has 0 bridgehead atoms. The third-order valence-electron chi connectivity index (χ3n) is 6.87. The highest BCUT2D eigenvalue weighted by Gasteiger charge is 2.34. The molecule has 2 amide bonds. The van der Waals surface area contributed by atoms with Gasteiger partial charge in [0.2, 0.25) is 21.8 Å². The standard InChI is InChI=1S/C31H38FN3O6S/c1-6-22(2)33-31(37)28(18-23-10-8-7-9-11-23)34(20-24-12-14-25(32)15-13-24)30(36)21-35(42(5,38)39)27-17-16-26(40-3)19-29(27)41-4/h7-17,19,22,28H,6,18,20-21H2,1-5H3,(H,33,37)/t22-,28+/m1/s1. The minimum atomic E-state index is -3.99. The Kier molecular flexibility index (Phi) is 11.3. The molecule has 0 fully saturated rings. The number of hydrogen-bond acceptors (Lipinski definition) is 6. The highest BCUT2D eigenvalue weighted by atomic mass is 32.2. The van der Waals surface area contributed by atoms with Gasteiger partial charge in [0.15, 0.2) is 0 Å². The van der Waals surface area contributed by atoms with E-state index in [2.05, 4.69) is 5.32 Å². The summed E-state index contributed by atoms with van der Waals surface area (Å²) >= 11 is 0. The summed E-state index contributed by atoms with van der Waals surface area (Å²) in [7, 11) is -1.14. The number of methoxy groups -OCH3 is 2. The Balaban J connectivity index is 2.09. The van der Waals surface area contributed by atoms with Gasteiger partial charge in [-0.25, -0.2) is 12.8 Å². The number of benzene rings is 3. The first-order chi connectivity index (χ1) is 20.0. The van der Waals surface area contributed by atoms with Crippen molar-refractivity contribution in [3.63, 3.8) is 0 Å². The van der Waals surface area contributed by atoms with Crippen molar-refractivity contribution in [2.75, 3.05) is 31.3 Å². The zero-order valence-electron chi connectivity index (χ0n) is 24.5. The molecule has 0 saturated heterocycles. The van der Waals surface area contributed by atoms with E-state index in [-0.39, 0.29) is 36.4 Å². The van der Waals surface area contributed by atoms with E-state index in [0.29, 0.717) is 17.7 Å². The normalized spacial score (nSPS) is 12.6. The first-order valence-electron chi connectivity index (χ1n) is 13.5. The summed E-state index contributed by atoms with van der Waals surface area (Å²) in [6.07, 6.45) is 1.85. The minimum Gasteiger partial charge on any atom is -0.497 e. The van der Waals surface area contributed by atoms with E-state index in [4.69, 9.17) is 9.47 Å². The Morgan fingerprint density at radius 2 is 1.62 bits per heavy atom. The van der Waals surface area contributed by atoms with Crippen molar-refractivity contribution >= 4 is 27.5 Å². The Morgan fingerprint density at radius 1 is 0.952 bits per heavy atom. The Hall–Kier alpha value is -4.12. The van der Waals surface area contributed by atoms with E-state index < -0.39 is 34.3 Å². The Bertz CT molecular complexity index is 1450. The third kappa shape index (κ3) is 8.69. The van der Waals surface area contributed by atoms with Crippen molar-refractivity contribution in [3.8, 4) is 11.5 Å². The lowest BCUT2D eigenvalue weighted by Crippen LogP contribution is -2.54. The number of carbonyl (C=O) groups excluding carboxylic acids is 2. The van der Waals surface area contributed by atoms with Gasteiger partial charge in [-0.3, -0.25) is 13.9 Å². The molecule has 11 heteroatoms. The maximum Gasteiger partial charge on any atom is 0.244 e. The van der Waals surface area contributed by atoms with E-state index in [1.165, 1.54) is 55.5 Å². The average molecular weight is 600 g/mol. The minimum absolute atomic E-state index is 0.0537. The van der Waals surface area contributed by atoms with Crippen LogP contribution in [0.1, 0.15) is 31.4 Å². The monoisotopic (exact) mass is 599 g/mol. The lowest BCUT2D eigenvalue weighted by Gasteiger charge is -2.34. The molecule has 0 saturated carbocycles. The molecule has 226 valence electrons. The fraction of sp³-hybridized carbons (Fsp3) is 0.355. The molecule has 3 aromatic carbocycles. The predicted molar refractivity (Wildman–Crippen MR) is 161 cm³/mol. The van der Waals surface area contributed by atoms with Crippen molar-refractivity contribution in [1.82, 2.24) is 10.2 Å². The van der Waals surface area contributed by atoms with Crippen LogP contribution in [-0.2, 0) is 32.6 Å². The Labute approximate surface area is 247 Å². The molecule has 0 heterocycles. The Morgan fingerprint density at radius 3 is 2.19 bits per heavy atom. The van der Waals surface area contributed by atoms with Gasteiger partial charge in [0.25, 0.3) is 0 Å². The molecule has 42 heavy (non-hydrogen) atoms. The van der Waals surface area contributed by atoms with Crippen LogP contribution in [0.25, 0.3) is 0 Å². The van der Waals surface area contributed by atoms with Gasteiger partial charge in [0.1, 0.15) is 29.9 Å². The molecule has 0 unspecified atom stereocenters. The van der Waals surface area contributed by atoms with Crippen LogP contribution in [0.4, 0.5) is 10.1 Å². The lowest BCUT2D eigenvalue weighted by atomic mass is 10.0. The summed E-state index contributed by atoms with van der Waals surface area (Å²) in [5, 5.41) is 2.97. The number of halogens is 1. The fourth-order valence-electron chi connectivity index (χ4n) is 4.37. The van der Waals surface area contributed by atoms with Gasteiger partial charge < -0.3 is 19.7 Å². The zero-order valence-corrected chi connectivity index (χ0v) is 25.4. The van der Waals surface area contributed by atoms with E-state index >= 15 is 0 Å². The first kappa shape index (κ1) is 32.4. The van der Waals surface area contributed by atoms with Gasteiger partial charge in [-0.2, -0.15) is 0 Å². The number of anilines is 1. The lowest BCUT2D eigenvalue weighted by molar-refractivity contribution is -0.140. The SMILES string of the molecule is CC[C@@H](C)NC(=O)[C@H](Cc1ccccc1)N(Cc1ccc(F)cc1)C(=O)CN(c1ccc(OC)cc1OC)S(C)(=O)=O. The number of ether oxygens (including phenoxy) is 2. The topological polar surface area (TPSA) is 105 Å². The fourth-order valence-corrected chi connectivity index (χ4v) is 5.22. The van der Waals surface area contributed by atoms with Gasteiger partial charge >= 0.3 is 0 Å². The first-order valence-corrected chi connectivity index (χ1v) is 15.4. The van der Waals surface area contributed by atoms with Gasteiger partial charge in [-0.05, 0) is 48.7 Å². The van der Waals surface area contributed by atoms with Gasteiger partial charge in [-0.15, -0.1) is 0 Å². The molecule has 9 nitrogen and oxygen atoms in total. The second kappa shape index (κ2) is 14.7. The summed E-state index contributed by atoms with van der Waals surface area (Å²) in [5.41, 5.74) is 1.53. The highest BCUT2D eigenvalue weighted by molar-refractivity contribution is 7.92. The summed E-state index contributed by atoms with van der Waals surface area (Å²) in [6, 6.07) is 18.3. The molecule has 1 N–H and O–H groups in total. The summed E-state index contributed by atoms with van der Waals surface area (Å²) < 4.78 is 51.4. The third-order valence-corrected chi connectivity index (χ3v) is 8.00. The zero-order chi connectivity index (χ0) is 30.9. The number of sulfonamides is 1. The van der Waals surface area contributed by atoms with Crippen LogP contribution in [0.2, 0.25) is 0 Å². The second-order valence-electron chi connectivity index (χ2n) is 9.98. The van der Waals surface area contributed by atoms with Crippen LogP contribution in [0.5, 0.6) is 11.5 Å². The predicted octanol–water partition coefficient (Wildman–Crippen LogP) is 4.16. The largest absolute Gasteiger partial charge is 0.497 e. The van der Waals surface area contributed by atoms with Gasteiger partial charge in [-0.1, -0.05) is 49.4 Å². The molecule has 3 aromatic rings. The van der Waals surface area contributed by atoms with Crippen molar-refractivity contribution in [2.24, 2.45) is 0 Å². The number of hydrogen-bond donors (Lipinski definition) is 1. The van der Waals surface area contributed by atoms with Crippen molar-refractivity contribution < 1.29 is 31.9 Å². The van der Waals surface area contributed by atoms with Crippen LogP contribution in [-0.4, -0.2) is 64.2 Å². The number of rotatable bonds is 14. The van der Waals surface area contributed by atoms with E-state index in [1.807, 2.05) is 44.2 Å². The molecular formula is C31H38FN3O6S. The molecular weight excluding hydrogens is 561 g/mol. The second-order valence-corrected chi connectivity index (χ2v) is 11.9. The van der Waals surface area contributed by atoms with E-state index in [1.54, 1.807) is 6.07 Å². The number of amides is 2. The molecule has 2 atom stereocenters. The highest BCUT2D eigenvalue weighted by Crippen LogP contribution is 2.33. The number of carbonyl (C=O) groups is 2. The molecule has 0 aromatic heterocycles. The maximum absolute atomic E-state index is 14.2. The number of nitrogens with one attached hydrogen (secondary N) is 1. The molecule has 0 aliphatic carbocycles. The van der Waals surface area contributed by atoms with Gasteiger partial charge in [0.05, 0.1) is 26.2 Å².